The van der Waals surface area contributed by atoms with Crippen molar-refractivity contribution in [2.75, 3.05) is 19.5 Å². The third-order valence-corrected chi connectivity index (χ3v) is 3.35. The van der Waals surface area contributed by atoms with Gasteiger partial charge in [0.1, 0.15) is 12.2 Å². The fraction of sp³-hybridized carbons (Fsp3) is 0.632. The van der Waals surface area contributed by atoms with Crippen LogP contribution in [0.3, 0.4) is 0 Å². The van der Waals surface area contributed by atoms with E-state index < -0.39 is 5.97 Å². The molecule has 2 aliphatic carbocycles. The van der Waals surface area contributed by atoms with Crippen LogP contribution >= 0.6 is 0 Å². The van der Waals surface area contributed by atoms with Gasteiger partial charge in [0.15, 0.2) is 5.96 Å². The number of aromatic amines is 1. The van der Waals surface area contributed by atoms with Crippen LogP contribution in [-0.4, -0.2) is 41.4 Å². The maximum Gasteiger partial charge on any atom is 1.00 e. The van der Waals surface area contributed by atoms with Crippen LogP contribution in [0.5, 0.6) is 0 Å². The summed E-state index contributed by atoms with van der Waals surface area (Å²) in [6.45, 7) is 1.57. The van der Waals surface area contributed by atoms with Crippen molar-refractivity contribution in [2.24, 2.45) is 17.4 Å². The molecule has 0 amide bonds. The fourth-order valence-corrected chi connectivity index (χ4v) is 1.85. The molecule has 2 aliphatic rings. The van der Waals surface area contributed by atoms with Crippen LogP contribution in [-0.2, 0) is 14.3 Å². The minimum absolute atomic E-state index is 0. The van der Waals surface area contributed by atoms with Gasteiger partial charge in [-0.05, 0) is 25.7 Å². The maximum atomic E-state index is 10.9. The number of carbonyl (C=O) groups is 2. The number of nitrogens with one attached hydrogen (secondary N) is 2. The molecule has 1 aromatic rings. The first-order valence-corrected chi connectivity index (χ1v) is 8.78. The molecule has 0 aliphatic heterocycles. The van der Waals surface area contributed by atoms with E-state index >= 15 is 0 Å². The number of carbonyl (C=O) groups excluding carboxylic acids is 2. The molecule has 8 N–H and O–H groups in total. The molecule has 0 aromatic carbocycles. The second-order valence-electron chi connectivity index (χ2n) is 6.07. The molecule has 174 valence electrons. The van der Waals surface area contributed by atoms with Crippen molar-refractivity contribution >= 4 is 23.7 Å². The van der Waals surface area contributed by atoms with E-state index in [0.717, 1.165) is 31.4 Å². The Hall–Kier alpha value is -1.95. The van der Waals surface area contributed by atoms with Crippen LogP contribution in [0.4, 0.5) is 5.95 Å². The quantitative estimate of drug-likeness (QED) is 0.105. The van der Waals surface area contributed by atoms with Crippen molar-refractivity contribution in [2.45, 2.75) is 59.8 Å². The van der Waals surface area contributed by atoms with E-state index in [1.54, 1.807) is 6.92 Å². The Morgan fingerprint density at radius 2 is 1.71 bits per heavy atom. The average Bonchev–Trinajstić information content (AvgIpc) is 3.48. The molecule has 0 spiro atoms. The SMILES string of the molecule is C.C.CC[O-].COC(=O)CC(=O)C1CC1.N=C(N)N.Nc1nc(C2CC2)cc(=O)[nH]1.[Na+]. The Labute approximate surface area is 206 Å². The fourth-order valence-electron chi connectivity index (χ4n) is 1.85. The molecular weight excluding hydrogens is 415 g/mol. The van der Waals surface area contributed by atoms with Crippen LogP contribution < -0.4 is 57.4 Å². The number of aromatic nitrogens is 2. The Morgan fingerprint density at radius 1 is 1.26 bits per heavy atom. The Kier molecular flexibility index (Phi) is 23.5. The summed E-state index contributed by atoms with van der Waals surface area (Å²) in [4.78, 5) is 38.7. The van der Waals surface area contributed by atoms with Crippen LogP contribution in [0.2, 0.25) is 0 Å². The van der Waals surface area contributed by atoms with Gasteiger partial charge in [-0.3, -0.25) is 24.8 Å². The molecule has 0 unspecified atom stereocenters. The van der Waals surface area contributed by atoms with Gasteiger partial charge in [-0.15, -0.1) is 6.61 Å². The number of Topliss-reactive ketones (excluding diaryl/α,β-unsaturated/α-hetero) is 1. The second-order valence-corrected chi connectivity index (χ2v) is 6.07. The van der Waals surface area contributed by atoms with Gasteiger partial charge in [-0.2, -0.15) is 0 Å². The first-order chi connectivity index (χ1) is 13.1. The Balaban J connectivity index is -0.000000170. The third kappa shape index (κ3) is 21.1. The summed E-state index contributed by atoms with van der Waals surface area (Å²) in [6, 6.07) is 1.52. The van der Waals surface area contributed by atoms with Gasteiger partial charge < -0.3 is 27.0 Å². The van der Waals surface area contributed by atoms with E-state index in [-0.39, 0.29) is 86.6 Å². The summed E-state index contributed by atoms with van der Waals surface area (Å²) >= 11 is 0. The average molecular weight is 453 g/mol. The van der Waals surface area contributed by atoms with E-state index in [0.29, 0.717) is 5.92 Å². The summed E-state index contributed by atoms with van der Waals surface area (Å²) in [7, 11) is 1.29. The van der Waals surface area contributed by atoms with Crippen molar-refractivity contribution in [1.82, 2.24) is 9.97 Å². The molecule has 12 heteroatoms. The minimum atomic E-state index is -0.420. The number of nitrogen functional groups attached to an aromatic ring is 1. The van der Waals surface area contributed by atoms with Gasteiger partial charge >= 0.3 is 35.5 Å². The van der Waals surface area contributed by atoms with Crippen molar-refractivity contribution in [3.05, 3.63) is 22.1 Å². The number of esters is 1. The zero-order chi connectivity index (χ0) is 21.7. The molecule has 1 aromatic heterocycles. The van der Waals surface area contributed by atoms with E-state index in [1.165, 1.54) is 13.2 Å². The summed E-state index contributed by atoms with van der Waals surface area (Å²) in [5.41, 5.74) is 15.0. The Morgan fingerprint density at radius 3 is 2.03 bits per heavy atom. The van der Waals surface area contributed by atoms with Crippen LogP contribution in [0.25, 0.3) is 0 Å². The predicted molar refractivity (Wildman–Crippen MR) is 116 cm³/mol. The monoisotopic (exact) mass is 452 g/mol. The zero-order valence-corrected chi connectivity index (χ0v) is 19.2. The number of ether oxygens (including phenoxy) is 1. The largest absolute Gasteiger partial charge is 1.00 e. The number of rotatable bonds is 4. The topological polar surface area (TPSA) is 214 Å². The molecule has 1 heterocycles. The molecule has 0 bridgehead atoms. The summed E-state index contributed by atoms with van der Waals surface area (Å²) in [5.74, 6) is 0.154. The van der Waals surface area contributed by atoms with Gasteiger partial charge in [-0.25, -0.2) is 4.98 Å². The standard InChI is InChI=1S/C7H9N3O.C7H10O3.C2H5O.CH5N3.2CH4.Na/c8-7-9-5(4-1-2-4)3-6(11)10-7;1-10-7(9)4-6(8)5-2-3-5;1-2-3;2-1(3)4;;;/h3-4H,1-2H2,(H3,8,9,10,11);5H,2-4H2,1H3;2H2,1H3;(H5,2,3,4);2*1H4;/q;;-1;;;;+1. The van der Waals surface area contributed by atoms with Crippen molar-refractivity contribution in [3.63, 3.8) is 0 Å². The number of H-pyrrole nitrogens is 1. The molecule has 2 saturated carbocycles. The molecule has 3 rings (SSSR count). The van der Waals surface area contributed by atoms with E-state index in [2.05, 4.69) is 26.2 Å². The van der Waals surface area contributed by atoms with Crippen molar-refractivity contribution in [3.8, 4) is 0 Å². The minimum Gasteiger partial charge on any atom is -0.855 e. The normalized spacial score (nSPS) is 12.6. The van der Waals surface area contributed by atoms with E-state index in [4.69, 9.17) is 16.2 Å². The van der Waals surface area contributed by atoms with Crippen molar-refractivity contribution in [1.29, 1.82) is 5.41 Å². The van der Waals surface area contributed by atoms with Crippen molar-refractivity contribution < 1.29 is 49.0 Å². The number of hydrogen-bond donors (Lipinski definition) is 5. The van der Waals surface area contributed by atoms with Gasteiger partial charge in [0.25, 0.3) is 5.56 Å². The summed E-state index contributed by atoms with van der Waals surface area (Å²) in [5, 5.41) is 15.0. The molecule has 0 saturated heterocycles. The van der Waals surface area contributed by atoms with Crippen LogP contribution in [0.1, 0.15) is 65.5 Å². The number of anilines is 1. The number of nitrogens with zero attached hydrogens (tertiary/aromatic N) is 1. The van der Waals surface area contributed by atoms with E-state index in [1.807, 2.05) is 0 Å². The number of hydrogen-bond acceptors (Lipinski definition) is 8. The maximum absolute atomic E-state index is 10.9. The second kappa shape index (κ2) is 20.0. The van der Waals surface area contributed by atoms with Gasteiger partial charge in [-0.1, -0.05) is 21.8 Å². The summed E-state index contributed by atoms with van der Waals surface area (Å²) < 4.78 is 4.34. The van der Waals surface area contributed by atoms with Crippen LogP contribution in [0, 0.1) is 11.3 Å². The Bertz CT molecular complexity index is 701. The van der Waals surface area contributed by atoms with Crippen LogP contribution in [0.15, 0.2) is 10.9 Å². The summed E-state index contributed by atoms with van der Waals surface area (Å²) in [6.07, 6.45) is 4.14. The number of ketones is 1. The molecular formula is C19H37N6NaO5. The first-order valence-electron chi connectivity index (χ1n) is 8.78. The smallest absolute Gasteiger partial charge is 0.855 e. The zero-order valence-electron chi connectivity index (χ0n) is 17.2. The molecule has 11 nitrogen and oxygen atoms in total. The first kappa shape index (κ1) is 36.4. The van der Waals surface area contributed by atoms with Gasteiger partial charge in [0.2, 0.25) is 5.95 Å². The third-order valence-electron chi connectivity index (χ3n) is 3.35. The number of methoxy groups -OCH3 is 1. The van der Waals surface area contributed by atoms with Gasteiger partial charge in [0.05, 0.1) is 12.8 Å². The van der Waals surface area contributed by atoms with Gasteiger partial charge in [0, 0.05) is 17.9 Å². The molecule has 0 atom stereocenters. The van der Waals surface area contributed by atoms with E-state index in [9.17, 15) is 14.4 Å². The number of nitrogens with two attached hydrogens (primary N) is 3. The predicted octanol–water partition coefficient (Wildman–Crippen LogP) is -2.76. The molecule has 31 heavy (non-hydrogen) atoms. The number of guanidine groups is 1. The molecule has 0 radical (unpaired) electrons. The molecule has 2 fully saturated rings.